The van der Waals surface area contributed by atoms with Crippen molar-refractivity contribution in [2.45, 2.75) is 49.8 Å². The van der Waals surface area contributed by atoms with Gasteiger partial charge in [0.2, 0.25) is 12.7 Å². The van der Waals surface area contributed by atoms with Crippen LogP contribution in [0.1, 0.15) is 11.1 Å². The molecule has 1 aliphatic rings. The van der Waals surface area contributed by atoms with E-state index < -0.39 is 20.2 Å². The lowest BCUT2D eigenvalue weighted by Crippen LogP contribution is -2.37. The molecular formula is C36H40N4O7S3. The maximum Gasteiger partial charge on any atom is 0.244 e. The number of fused-ring (bicyclic) bond motifs is 10. The van der Waals surface area contributed by atoms with Crippen LogP contribution in [0, 0.1) is 13.8 Å². The number of rotatable bonds is 2. The molecule has 50 heavy (non-hydrogen) atoms. The van der Waals surface area contributed by atoms with Gasteiger partial charge in [-0.25, -0.2) is 35.1 Å². The van der Waals surface area contributed by atoms with Crippen molar-refractivity contribution in [3.8, 4) is 0 Å². The van der Waals surface area contributed by atoms with Crippen LogP contribution in [0.2, 0.25) is 0 Å². The largest absolute Gasteiger partial charge is 0.744 e. The summed E-state index contributed by atoms with van der Waals surface area (Å²) in [5.74, 6) is 2.24. The molecule has 6 aromatic rings. The van der Waals surface area contributed by atoms with Crippen molar-refractivity contribution in [1.29, 1.82) is 0 Å². The van der Waals surface area contributed by atoms with Crippen molar-refractivity contribution in [3.63, 3.8) is 0 Å². The number of imidazole rings is 2. The predicted octanol–water partition coefficient (Wildman–Crippen LogP) is 4.43. The van der Waals surface area contributed by atoms with Crippen LogP contribution in [0.3, 0.4) is 0 Å². The number of hydrogen-bond acceptors (Lipinski definition) is 8. The predicted molar refractivity (Wildman–Crippen MR) is 191 cm³/mol. The van der Waals surface area contributed by atoms with Crippen LogP contribution in [-0.4, -0.2) is 59.8 Å². The molecule has 7 rings (SSSR count). The highest BCUT2D eigenvalue weighted by Crippen LogP contribution is 2.15. The summed E-state index contributed by atoms with van der Waals surface area (Å²) in [4.78, 5) is -0.355. The van der Waals surface area contributed by atoms with Crippen molar-refractivity contribution in [3.05, 3.63) is 121 Å². The third kappa shape index (κ3) is 10.0. The van der Waals surface area contributed by atoms with Gasteiger partial charge in [0.25, 0.3) is 0 Å². The van der Waals surface area contributed by atoms with Crippen molar-refractivity contribution in [2.75, 3.05) is 24.7 Å². The first-order chi connectivity index (χ1) is 23.9. The Morgan fingerprint density at radius 2 is 0.980 bits per heavy atom. The van der Waals surface area contributed by atoms with E-state index in [-0.39, 0.29) is 9.79 Å². The second kappa shape index (κ2) is 16.8. The number of benzene rings is 4. The molecule has 11 nitrogen and oxygen atoms in total. The lowest BCUT2D eigenvalue weighted by Gasteiger charge is -2.05. The molecular weight excluding hydrogens is 697 g/mol. The van der Waals surface area contributed by atoms with Crippen LogP contribution in [0.25, 0.3) is 22.1 Å². The molecule has 14 heteroatoms. The van der Waals surface area contributed by atoms with Gasteiger partial charge < -0.3 is 13.8 Å². The van der Waals surface area contributed by atoms with E-state index in [9.17, 15) is 25.9 Å². The standard InChI is InChI=1S/C22H26N4OS.2C7H8O3S/c1-3-7-21-19(5-1)23-9-13-27-14-10-24-18-26(22-8-4-2-6-20(22)24)12-16-28-15-11-25(21)17-23;2*1-6-2-4-7(5-3-6)11(8,9)10/h1-8,17-18H,9-16H2;2*2-5H,1H3,(H,8,9,10)/q+2;;/p-2. The zero-order valence-corrected chi connectivity index (χ0v) is 30.4. The van der Waals surface area contributed by atoms with Crippen LogP contribution >= 0.6 is 11.8 Å². The summed E-state index contributed by atoms with van der Waals surface area (Å²) in [6, 6.07) is 28.9. The van der Waals surface area contributed by atoms with E-state index in [2.05, 4.69) is 79.5 Å². The Morgan fingerprint density at radius 1 is 0.600 bits per heavy atom. The Kier molecular flexibility index (Phi) is 12.5. The number of aromatic nitrogens is 4. The second-order valence-corrected chi connectivity index (χ2v) is 15.7. The molecule has 2 aromatic heterocycles. The highest BCUT2D eigenvalue weighted by atomic mass is 32.2. The quantitative estimate of drug-likeness (QED) is 0.188. The third-order valence-electron chi connectivity index (χ3n) is 8.08. The second-order valence-electron chi connectivity index (χ2n) is 11.7. The van der Waals surface area contributed by atoms with Gasteiger partial charge in [0, 0.05) is 11.5 Å². The fourth-order valence-electron chi connectivity index (χ4n) is 5.46. The van der Waals surface area contributed by atoms with E-state index in [4.69, 9.17) is 4.74 Å². The Balaban J connectivity index is 0.000000182. The van der Waals surface area contributed by atoms with E-state index in [1.54, 1.807) is 24.3 Å². The molecule has 264 valence electrons. The Bertz CT molecular complexity index is 2010. The van der Waals surface area contributed by atoms with Crippen LogP contribution < -0.4 is 9.13 Å². The van der Waals surface area contributed by atoms with Gasteiger partial charge in [0.1, 0.15) is 33.3 Å². The normalized spacial score (nSPS) is 14.3. The average Bonchev–Trinajstić information content (AvgIpc) is 3.62. The first-order valence-electron chi connectivity index (χ1n) is 16.1. The van der Waals surface area contributed by atoms with Gasteiger partial charge in [-0.1, -0.05) is 59.7 Å². The van der Waals surface area contributed by atoms with Crippen LogP contribution in [0.15, 0.2) is 120 Å². The molecule has 0 saturated carbocycles. The monoisotopic (exact) mass is 736 g/mol. The molecule has 0 radical (unpaired) electrons. The molecule has 0 fully saturated rings. The van der Waals surface area contributed by atoms with Crippen molar-refractivity contribution < 1.29 is 39.8 Å². The smallest absolute Gasteiger partial charge is 0.244 e. The van der Waals surface area contributed by atoms with E-state index in [1.165, 1.54) is 46.3 Å². The highest BCUT2D eigenvalue weighted by Gasteiger charge is 2.17. The molecule has 1 aliphatic heterocycles. The van der Waals surface area contributed by atoms with Crippen LogP contribution in [0.5, 0.6) is 0 Å². The highest BCUT2D eigenvalue weighted by molar-refractivity contribution is 7.99. The first-order valence-corrected chi connectivity index (χ1v) is 20.0. The van der Waals surface area contributed by atoms with Crippen molar-refractivity contribution >= 4 is 54.1 Å². The topological polar surface area (TPSA) is 141 Å². The maximum absolute atomic E-state index is 10.4. The van der Waals surface area contributed by atoms with Crippen molar-refractivity contribution in [2.24, 2.45) is 0 Å². The number of para-hydroxylation sites is 4. The summed E-state index contributed by atoms with van der Waals surface area (Å²) >= 11 is 2.03. The number of nitrogens with zero attached hydrogens (tertiary/aromatic N) is 4. The summed E-state index contributed by atoms with van der Waals surface area (Å²) in [5, 5.41) is 0. The minimum atomic E-state index is -4.27. The Hall–Kier alpha value is -4.05. The van der Waals surface area contributed by atoms with Gasteiger partial charge in [-0.3, -0.25) is 0 Å². The minimum absolute atomic E-state index is 0.178. The fourth-order valence-corrected chi connectivity index (χ4v) is 7.26. The number of hydrogen-bond donors (Lipinski definition) is 0. The van der Waals surface area contributed by atoms with Gasteiger partial charge in [-0.2, -0.15) is 11.8 Å². The number of thioether (sulfide) groups is 1. The molecule has 0 saturated heterocycles. The Labute approximate surface area is 297 Å². The van der Waals surface area contributed by atoms with Gasteiger partial charge in [-0.15, -0.1) is 0 Å². The van der Waals surface area contributed by atoms with Gasteiger partial charge in [-0.05, 0) is 62.4 Å². The summed E-state index contributed by atoms with van der Waals surface area (Å²) in [7, 11) is -8.54. The fraction of sp³-hybridized carbons (Fsp3) is 0.278. The summed E-state index contributed by atoms with van der Waals surface area (Å²) in [6.07, 6.45) is 4.50. The van der Waals surface area contributed by atoms with Gasteiger partial charge in [0.15, 0.2) is 22.1 Å². The molecule has 0 amide bonds. The lowest BCUT2D eigenvalue weighted by atomic mass is 10.2. The lowest BCUT2D eigenvalue weighted by molar-refractivity contribution is -0.681. The third-order valence-corrected chi connectivity index (χ3v) is 10.7. The van der Waals surface area contributed by atoms with Crippen molar-refractivity contribution in [1.82, 2.24) is 9.13 Å². The molecule has 0 spiro atoms. The van der Waals surface area contributed by atoms with Crippen LogP contribution in [-0.2, 0) is 51.2 Å². The van der Waals surface area contributed by atoms with E-state index in [0.717, 1.165) is 62.0 Å². The van der Waals surface area contributed by atoms with E-state index in [1.807, 2.05) is 25.6 Å². The van der Waals surface area contributed by atoms with Crippen LogP contribution in [0.4, 0.5) is 0 Å². The number of ether oxygens (including phenoxy) is 1. The zero-order valence-electron chi connectivity index (χ0n) is 27.9. The number of aryl methyl sites for hydroxylation is 4. The maximum atomic E-state index is 10.4. The minimum Gasteiger partial charge on any atom is -0.744 e. The summed E-state index contributed by atoms with van der Waals surface area (Å²) in [5.41, 5.74) is 7.05. The molecule has 0 aliphatic carbocycles. The van der Waals surface area contributed by atoms with E-state index in [0.29, 0.717) is 0 Å². The molecule has 4 aromatic carbocycles. The average molecular weight is 737 g/mol. The van der Waals surface area contributed by atoms with Gasteiger partial charge >= 0.3 is 0 Å². The molecule has 4 bridgehead atoms. The molecule has 0 atom stereocenters. The summed E-state index contributed by atoms with van der Waals surface area (Å²) < 4.78 is 77.7. The molecule has 0 N–H and O–H groups in total. The Morgan fingerprint density at radius 3 is 1.36 bits per heavy atom. The van der Waals surface area contributed by atoms with E-state index >= 15 is 0 Å². The first kappa shape index (κ1) is 37.2. The molecule has 3 heterocycles. The SMILES string of the molecule is Cc1ccc(S(=O)(=O)[O-])cc1.Cc1ccc(S(=O)(=O)[O-])cc1.c1ccc2c(c1)n1c[n+]2CCOCC[n+]2cn(c3ccccc32)CCSCC1. The zero-order chi connectivity index (χ0) is 35.7. The van der Waals surface area contributed by atoms with Gasteiger partial charge in [0.05, 0.1) is 36.1 Å². The summed E-state index contributed by atoms with van der Waals surface area (Å²) in [6.45, 7) is 8.93. The molecule has 0 unspecified atom stereocenters.